The van der Waals surface area contributed by atoms with Crippen LogP contribution in [-0.2, 0) is 4.79 Å². The van der Waals surface area contributed by atoms with Crippen molar-refractivity contribution < 1.29 is 14.3 Å². The van der Waals surface area contributed by atoms with Crippen LogP contribution in [0.5, 0.6) is 11.5 Å². The fourth-order valence-electron chi connectivity index (χ4n) is 2.10. The van der Waals surface area contributed by atoms with Gasteiger partial charge >= 0.3 is 0 Å². The van der Waals surface area contributed by atoms with E-state index in [0.717, 1.165) is 17.0 Å². The summed E-state index contributed by atoms with van der Waals surface area (Å²) in [4.78, 5) is 11.7. The Labute approximate surface area is 134 Å². The molecule has 0 aliphatic carbocycles. The van der Waals surface area contributed by atoms with E-state index >= 15 is 0 Å². The summed E-state index contributed by atoms with van der Waals surface area (Å²) in [5.74, 6) is 1.20. The highest BCUT2D eigenvalue weighted by Crippen LogP contribution is 2.30. The average Bonchev–Trinajstić information content (AvgIpc) is 2.61. The lowest BCUT2D eigenvalue weighted by Crippen LogP contribution is -2.25. The van der Waals surface area contributed by atoms with Crippen LogP contribution < -0.4 is 20.2 Å². The van der Waals surface area contributed by atoms with Crippen LogP contribution in [-0.4, -0.2) is 31.9 Å². The molecular weight excluding hydrogens is 294 g/mol. The van der Waals surface area contributed by atoms with Gasteiger partial charge in [0.25, 0.3) is 5.91 Å². The number of hydrazone groups is 1. The van der Waals surface area contributed by atoms with Crippen LogP contribution in [0.1, 0.15) is 5.56 Å². The molecule has 1 heterocycles. The fourth-order valence-corrected chi connectivity index (χ4v) is 2.10. The van der Waals surface area contributed by atoms with Crippen molar-refractivity contribution in [2.45, 2.75) is 0 Å². The minimum absolute atomic E-state index is 0.155. The maximum Gasteiger partial charge on any atom is 0.259 e. The number of hydrogen-bond donors (Lipinski definition) is 2. The summed E-state index contributed by atoms with van der Waals surface area (Å²) in [6.45, 7) is 1.25. The van der Waals surface area contributed by atoms with Crippen molar-refractivity contribution in [2.24, 2.45) is 5.10 Å². The molecular formula is C17H17N3O3. The van der Waals surface area contributed by atoms with E-state index in [1.165, 1.54) is 0 Å². The van der Waals surface area contributed by atoms with Crippen molar-refractivity contribution in [1.29, 1.82) is 0 Å². The highest BCUT2D eigenvalue weighted by Gasteiger charge is 2.10. The molecule has 1 amide bonds. The number of ether oxygens (including phenoxy) is 2. The molecule has 2 aromatic rings. The van der Waals surface area contributed by atoms with Crippen molar-refractivity contribution in [2.75, 3.05) is 25.1 Å². The molecule has 0 saturated heterocycles. The summed E-state index contributed by atoms with van der Waals surface area (Å²) in [7, 11) is 0. The molecule has 0 radical (unpaired) electrons. The highest BCUT2D eigenvalue weighted by atomic mass is 16.6. The molecule has 6 nitrogen and oxygen atoms in total. The Morgan fingerprint density at radius 2 is 1.87 bits per heavy atom. The Kier molecular flexibility index (Phi) is 4.73. The molecule has 6 heteroatoms. The topological polar surface area (TPSA) is 72.0 Å². The first-order valence-corrected chi connectivity index (χ1v) is 7.32. The fraction of sp³-hybridized carbons (Fsp3) is 0.176. The number of anilines is 1. The van der Waals surface area contributed by atoms with Gasteiger partial charge in [0, 0.05) is 5.69 Å². The number of benzene rings is 2. The second-order valence-corrected chi connectivity index (χ2v) is 4.92. The number of fused-ring (bicyclic) bond motifs is 1. The number of para-hydroxylation sites is 1. The van der Waals surface area contributed by atoms with Gasteiger partial charge in [-0.05, 0) is 35.9 Å². The number of rotatable bonds is 5. The molecule has 3 rings (SSSR count). The standard InChI is InChI=1S/C17H17N3O3/c21-17(12-18-14-4-2-1-3-5-14)20-19-11-13-6-7-15-16(10-13)23-9-8-22-15/h1-7,10-11,18H,8-9,12H2,(H,20,21)/b19-11+. The van der Waals surface area contributed by atoms with Crippen LogP contribution in [0, 0.1) is 0 Å². The summed E-state index contributed by atoms with van der Waals surface area (Å²) in [5.41, 5.74) is 4.19. The monoisotopic (exact) mass is 311 g/mol. The second kappa shape index (κ2) is 7.31. The van der Waals surface area contributed by atoms with Gasteiger partial charge in [0.1, 0.15) is 13.2 Å². The van der Waals surface area contributed by atoms with E-state index in [9.17, 15) is 4.79 Å². The SMILES string of the molecule is O=C(CNc1ccccc1)N/N=C/c1ccc2c(c1)OCCO2. The van der Waals surface area contributed by atoms with Crippen LogP contribution in [0.3, 0.4) is 0 Å². The lowest BCUT2D eigenvalue weighted by molar-refractivity contribution is -0.119. The molecule has 118 valence electrons. The first kappa shape index (κ1) is 14.9. The lowest BCUT2D eigenvalue weighted by Gasteiger charge is -2.18. The Morgan fingerprint density at radius 1 is 1.09 bits per heavy atom. The first-order valence-electron chi connectivity index (χ1n) is 7.32. The Morgan fingerprint density at radius 3 is 2.70 bits per heavy atom. The summed E-state index contributed by atoms with van der Waals surface area (Å²) in [6.07, 6.45) is 1.57. The van der Waals surface area contributed by atoms with Gasteiger partial charge in [-0.3, -0.25) is 4.79 Å². The van der Waals surface area contributed by atoms with E-state index in [0.29, 0.717) is 19.0 Å². The second-order valence-electron chi connectivity index (χ2n) is 4.92. The van der Waals surface area contributed by atoms with Gasteiger partial charge in [-0.15, -0.1) is 0 Å². The summed E-state index contributed by atoms with van der Waals surface area (Å²) in [6, 6.07) is 15.0. The van der Waals surface area contributed by atoms with Gasteiger partial charge in [-0.2, -0.15) is 5.10 Å². The maximum absolute atomic E-state index is 11.7. The average molecular weight is 311 g/mol. The largest absolute Gasteiger partial charge is 0.486 e. The molecule has 0 spiro atoms. The number of nitrogens with zero attached hydrogens (tertiary/aromatic N) is 1. The minimum atomic E-state index is -0.220. The van der Waals surface area contributed by atoms with E-state index in [4.69, 9.17) is 9.47 Å². The predicted molar refractivity (Wildman–Crippen MR) is 88.1 cm³/mol. The summed E-state index contributed by atoms with van der Waals surface area (Å²) >= 11 is 0. The number of carbonyl (C=O) groups is 1. The lowest BCUT2D eigenvalue weighted by atomic mass is 10.2. The van der Waals surface area contributed by atoms with Gasteiger partial charge in [-0.25, -0.2) is 5.43 Å². The highest BCUT2D eigenvalue weighted by molar-refractivity contribution is 5.84. The zero-order chi connectivity index (χ0) is 15.9. The van der Waals surface area contributed by atoms with Gasteiger partial charge in [0.15, 0.2) is 11.5 Å². The number of amides is 1. The quantitative estimate of drug-likeness (QED) is 0.654. The van der Waals surface area contributed by atoms with Crippen molar-refractivity contribution in [1.82, 2.24) is 5.43 Å². The van der Waals surface area contributed by atoms with E-state index in [1.54, 1.807) is 6.21 Å². The minimum Gasteiger partial charge on any atom is -0.486 e. The van der Waals surface area contributed by atoms with Gasteiger partial charge in [-0.1, -0.05) is 18.2 Å². The third kappa shape index (κ3) is 4.23. The Bertz CT molecular complexity index is 701. The van der Waals surface area contributed by atoms with E-state index in [1.807, 2.05) is 48.5 Å². The van der Waals surface area contributed by atoms with E-state index in [-0.39, 0.29) is 12.5 Å². The molecule has 0 unspecified atom stereocenters. The van der Waals surface area contributed by atoms with Crippen molar-refractivity contribution >= 4 is 17.8 Å². The summed E-state index contributed by atoms with van der Waals surface area (Å²) < 4.78 is 10.9. The number of carbonyl (C=O) groups excluding carboxylic acids is 1. The molecule has 1 aliphatic rings. The van der Waals surface area contributed by atoms with E-state index < -0.39 is 0 Å². The Balaban J connectivity index is 1.49. The third-order valence-corrected chi connectivity index (χ3v) is 3.20. The van der Waals surface area contributed by atoms with Crippen LogP contribution in [0.2, 0.25) is 0 Å². The van der Waals surface area contributed by atoms with E-state index in [2.05, 4.69) is 15.8 Å². The van der Waals surface area contributed by atoms with Crippen molar-refractivity contribution in [3.63, 3.8) is 0 Å². The molecule has 0 saturated carbocycles. The molecule has 23 heavy (non-hydrogen) atoms. The molecule has 2 N–H and O–H groups in total. The van der Waals surface area contributed by atoms with Gasteiger partial charge in [0.2, 0.25) is 0 Å². The molecule has 0 bridgehead atoms. The number of nitrogens with one attached hydrogen (secondary N) is 2. The predicted octanol–water partition coefficient (Wildman–Crippen LogP) is 2.02. The maximum atomic E-state index is 11.7. The van der Waals surface area contributed by atoms with Crippen LogP contribution >= 0.6 is 0 Å². The molecule has 0 atom stereocenters. The zero-order valence-corrected chi connectivity index (χ0v) is 12.5. The zero-order valence-electron chi connectivity index (χ0n) is 12.5. The summed E-state index contributed by atoms with van der Waals surface area (Å²) in [5, 5.41) is 6.95. The molecule has 0 fully saturated rings. The van der Waals surface area contributed by atoms with Crippen LogP contribution in [0.4, 0.5) is 5.69 Å². The van der Waals surface area contributed by atoms with Gasteiger partial charge < -0.3 is 14.8 Å². The third-order valence-electron chi connectivity index (χ3n) is 3.20. The van der Waals surface area contributed by atoms with Crippen LogP contribution in [0.25, 0.3) is 0 Å². The van der Waals surface area contributed by atoms with Crippen molar-refractivity contribution in [3.05, 3.63) is 54.1 Å². The Hall–Kier alpha value is -3.02. The van der Waals surface area contributed by atoms with Gasteiger partial charge in [0.05, 0.1) is 12.8 Å². The number of hydrogen-bond acceptors (Lipinski definition) is 5. The molecule has 1 aliphatic heterocycles. The first-order chi connectivity index (χ1) is 11.3. The smallest absolute Gasteiger partial charge is 0.259 e. The normalized spacial score (nSPS) is 12.9. The van der Waals surface area contributed by atoms with Crippen LogP contribution in [0.15, 0.2) is 53.6 Å². The van der Waals surface area contributed by atoms with Crippen molar-refractivity contribution in [3.8, 4) is 11.5 Å². The molecule has 2 aromatic carbocycles. The molecule has 0 aromatic heterocycles.